The van der Waals surface area contributed by atoms with Crippen LogP contribution in [0.1, 0.15) is 0 Å². The van der Waals surface area contributed by atoms with Gasteiger partial charge in [0.25, 0.3) is 0 Å². The highest BCUT2D eigenvalue weighted by Gasteiger charge is 2.19. The van der Waals surface area contributed by atoms with Gasteiger partial charge >= 0.3 is 0 Å². The van der Waals surface area contributed by atoms with Gasteiger partial charge in [-0.1, -0.05) is 66.7 Å². The summed E-state index contributed by atoms with van der Waals surface area (Å²) in [5, 5.41) is 10.4. The largest absolute Gasteiger partial charge is 0.310 e. The van der Waals surface area contributed by atoms with Crippen LogP contribution in [0.3, 0.4) is 0 Å². The van der Waals surface area contributed by atoms with Crippen molar-refractivity contribution < 1.29 is 0 Å². The third-order valence-corrected chi connectivity index (χ3v) is 12.3. The standard InChI is InChI=1S/C40H23NS3/c1-6-15-37-27(9-1)31-20-24-8-7-12-34(30(24)23-40(31)44-37)41(25-16-18-38-32(21-25)28-10-2-4-13-35(28)42-38)26-17-19-39-33(22-26)29-11-3-5-14-36(29)43-39/h1-23H. The van der Waals surface area contributed by atoms with E-state index in [0.29, 0.717) is 0 Å². The summed E-state index contributed by atoms with van der Waals surface area (Å²) in [7, 11) is 0. The summed E-state index contributed by atoms with van der Waals surface area (Å²) in [6.07, 6.45) is 0. The topological polar surface area (TPSA) is 3.24 Å². The molecule has 7 aromatic carbocycles. The lowest BCUT2D eigenvalue weighted by molar-refractivity contribution is 1.31. The average Bonchev–Trinajstić information content (AvgIpc) is 3.75. The second-order valence-corrected chi connectivity index (χ2v) is 14.6. The fourth-order valence-electron chi connectivity index (χ4n) is 6.81. The Morgan fingerprint density at radius 3 is 1.36 bits per heavy atom. The summed E-state index contributed by atoms with van der Waals surface area (Å²) >= 11 is 5.62. The van der Waals surface area contributed by atoms with Crippen LogP contribution in [-0.2, 0) is 0 Å². The highest BCUT2D eigenvalue weighted by atomic mass is 32.1. The SMILES string of the molecule is c1cc(N(c2ccc3sc4ccccc4c3c2)c2ccc3sc4ccccc4c3c2)c2cc3sc4ccccc4c3cc2c1. The molecule has 0 N–H and O–H groups in total. The van der Waals surface area contributed by atoms with Crippen LogP contribution in [0.5, 0.6) is 0 Å². The van der Waals surface area contributed by atoms with Gasteiger partial charge in [-0.2, -0.15) is 0 Å². The van der Waals surface area contributed by atoms with E-state index in [1.54, 1.807) is 0 Å². The molecule has 0 aliphatic rings. The van der Waals surface area contributed by atoms with E-state index in [1.807, 2.05) is 34.0 Å². The molecule has 0 unspecified atom stereocenters. The minimum atomic E-state index is 1.17. The van der Waals surface area contributed by atoms with Gasteiger partial charge in [-0.3, -0.25) is 0 Å². The van der Waals surface area contributed by atoms with Crippen LogP contribution in [-0.4, -0.2) is 0 Å². The second kappa shape index (κ2) is 9.38. The van der Waals surface area contributed by atoms with E-state index in [2.05, 4.69) is 144 Å². The molecule has 0 aliphatic heterocycles. The van der Waals surface area contributed by atoms with E-state index in [0.717, 1.165) is 0 Å². The Kier molecular flexibility index (Phi) is 5.26. The van der Waals surface area contributed by atoms with Crippen molar-refractivity contribution in [3.05, 3.63) is 140 Å². The lowest BCUT2D eigenvalue weighted by atomic mass is 10.0. The van der Waals surface area contributed by atoms with E-state index in [4.69, 9.17) is 0 Å². The maximum absolute atomic E-state index is 2.47. The number of rotatable bonds is 3. The molecule has 3 aromatic heterocycles. The molecule has 3 heterocycles. The van der Waals surface area contributed by atoms with Crippen LogP contribution >= 0.6 is 34.0 Å². The molecular formula is C40H23NS3. The maximum Gasteiger partial charge on any atom is 0.0540 e. The number of benzene rings is 7. The van der Waals surface area contributed by atoms with Gasteiger partial charge in [0.1, 0.15) is 0 Å². The number of fused-ring (bicyclic) bond motifs is 10. The molecule has 0 spiro atoms. The molecule has 0 fully saturated rings. The summed E-state index contributed by atoms with van der Waals surface area (Å²) < 4.78 is 7.95. The predicted molar refractivity (Wildman–Crippen MR) is 197 cm³/mol. The van der Waals surface area contributed by atoms with Crippen molar-refractivity contribution >= 4 is 122 Å². The Balaban J connectivity index is 1.28. The molecule has 0 saturated heterocycles. The van der Waals surface area contributed by atoms with Gasteiger partial charge in [-0.25, -0.2) is 0 Å². The highest BCUT2D eigenvalue weighted by molar-refractivity contribution is 7.26. The van der Waals surface area contributed by atoms with Gasteiger partial charge in [-0.15, -0.1) is 34.0 Å². The minimum Gasteiger partial charge on any atom is -0.310 e. The van der Waals surface area contributed by atoms with Gasteiger partial charge in [-0.05, 0) is 78.2 Å². The zero-order valence-electron chi connectivity index (χ0n) is 23.5. The first-order valence-corrected chi connectivity index (χ1v) is 17.2. The first-order valence-electron chi connectivity index (χ1n) is 14.8. The normalized spacial score (nSPS) is 12.1. The molecule has 10 rings (SSSR count). The fourth-order valence-corrected chi connectivity index (χ4v) is 10.1. The Bertz CT molecular complexity index is 2630. The molecule has 10 aromatic rings. The summed E-state index contributed by atoms with van der Waals surface area (Å²) in [6.45, 7) is 0. The van der Waals surface area contributed by atoms with Crippen molar-refractivity contribution in [3.63, 3.8) is 0 Å². The molecule has 0 saturated carbocycles. The third-order valence-electron chi connectivity index (χ3n) is 8.83. The fraction of sp³-hybridized carbons (Fsp3) is 0. The van der Waals surface area contributed by atoms with Gasteiger partial charge < -0.3 is 4.90 Å². The molecular weight excluding hydrogens is 591 g/mol. The number of thiophene rings is 3. The number of nitrogens with zero attached hydrogens (tertiary/aromatic N) is 1. The van der Waals surface area contributed by atoms with Crippen LogP contribution in [0.4, 0.5) is 17.1 Å². The molecule has 0 bridgehead atoms. The smallest absolute Gasteiger partial charge is 0.0540 e. The van der Waals surface area contributed by atoms with Crippen molar-refractivity contribution in [2.75, 3.05) is 4.90 Å². The van der Waals surface area contributed by atoms with Crippen molar-refractivity contribution in [2.45, 2.75) is 0 Å². The van der Waals surface area contributed by atoms with Crippen molar-refractivity contribution in [1.82, 2.24) is 0 Å². The molecule has 0 radical (unpaired) electrons. The van der Waals surface area contributed by atoms with E-state index in [1.165, 1.54) is 88.4 Å². The van der Waals surface area contributed by atoms with E-state index < -0.39 is 0 Å². The number of hydrogen-bond acceptors (Lipinski definition) is 4. The zero-order valence-corrected chi connectivity index (χ0v) is 25.9. The van der Waals surface area contributed by atoms with E-state index in [9.17, 15) is 0 Å². The quantitative estimate of drug-likeness (QED) is 0.192. The molecule has 1 nitrogen and oxygen atoms in total. The molecule has 0 aliphatic carbocycles. The lowest BCUT2D eigenvalue weighted by Gasteiger charge is -2.27. The Hall–Kier alpha value is -4.74. The van der Waals surface area contributed by atoms with Crippen molar-refractivity contribution in [3.8, 4) is 0 Å². The monoisotopic (exact) mass is 613 g/mol. The van der Waals surface area contributed by atoms with Crippen LogP contribution < -0.4 is 4.90 Å². The Morgan fingerprint density at radius 1 is 0.318 bits per heavy atom. The summed E-state index contributed by atoms with van der Waals surface area (Å²) in [5.74, 6) is 0. The van der Waals surface area contributed by atoms with Crippen LogP contribution in [0, 0.1) is 0 Å². The minimum absolute atomic E-state index is 1.17. The second-order valence-electron chi connectivity index (χ2n) is 11.3. The van der Waals surface area contributed by atoms with Gasteiger partial charge in [0.05, 0.1) is 5.69 Å². The van der Waals surface area contributed by atoms with Crippen LogP contribution in [0.2, 0.25) is 0 Å². The first-order chi connectivity index (χ1) is 21.8. The molecule has 4 heteroatoms. The van der Waals surface area contributed by atoms with Gasteiger partial charge in [0.2, 0.25) is 0 Å². The highest BCUT2D eigenvalue weighted by Crippen LogP contribution is 2.46. The Morgan fingerprint density at radius 2 is 0.795 bits per heavy atom. The van der Waals surface area contributed by atoms with E-state index >= 15 is 0 Å². The molecule has 206 valence electrons. The number of anilines is 3. The van der Waals surface area contributed by atoms with Crippen molar-refractivity contribution in [1.29, 1.82) is 0 Å². The van der Waals surface area contributed by atoms with Gasteiger partial charge in [0.15, 0.2) is 0 Å². The first kappa shape index (κ1) is 24.7. The van der Waals surface area contributed by atoms with E-state index in [-0.39, 0.29) is 0 Å². The molecule has 0 amide bonds. The predicted octanol–water partition coefficient (Wildman–Crippen LogP) is 13.4. The van der Waals surface area contributed by atoms with Crippen molar-refractivity contribution in [2.24, 2.45) is 0 Å². The van der Waals surface area contributed by atoms with Gasteiger partial charge in [0, 0.05) is 77.3 Å². The third kappa shape index (κ3) is 3.62. The maximum atomic E-state index is 2.47. The van der Waals surface area contributed by atoms with Crippen LogP contribution in [0.25, 0.3) is 71.3 Å². The Labute approximate surface area is 265 Å². The summed E-state index contributed by atoms with van der Waals surface area (Å²) in [5.41, 5.74) is 3.53. The lowest BCUT2D eigenvalue weighted by Crippen LogP contribution is -2.10. The zero-order chi connectivity index (χ0) is 28.8. The average molecular weight is 614 g/mol. The summed E-state index contributed by atoms with van der Waals surface area (Å²) in [4.78, 5) is 2.47. The number of hydrogen-bond donors (Lipinski definition) is 0. The summed E-state index contributed by atoms with van der Waals surface area (Å²) in [6, 6.07) is 51.8. The molecule has 44 heavy (non-hydrogen) atoms. The van der Waals surface area contributed by atoms with Crippen LogP contribution in [0.15, 0.2) is 140 Å². The molecule has 0 atom stereocenters.